The average Bonchev–Trinajstić information content (AvgIpc) is 2.78. The van der Waals surface area contributed by atoms with E-state index in [4.69, 9.17) is 4.74 Å². The smallest absolute Gasteiger partial charge is 0.337 e. The maximum absolute atomic E-state index is 11.4. The average molecular weight is 338 g/mol. The number of carboxylic acids is 1. The predicted molar refractivity (Wildman–Crippen MR) is 80.1 cm³/mol. The summed E-state index contributed by atoms with van der Waals surface area (Å²) in [6.45, 7) is 2.47. The molecule has 0 spiro atoms. The van der Waals surface area contributed by atoms with Gasteiger partial charge in [0.1, 0.15) is 0 Å². The van der Waals surface area contributed by atoms with Crippen molar-refractivity contribution >= 4 is 32.8 Å². The molecule has 0 aliphatic carbocycles. The summed E-state index contributed by atoms with van der Waals surface area (Å²) >= 11 is 3.40. The van der Waals surface area contributed by atoms with Crippen LogP contribution in [-0.4, -0.2) is 28.9 Å². The van der Waals surface area contributed by atoms with Gasteiger partial charge >= 0.3 is 5.97 Å². The summed E-state index contributed by atoms with van der Waals surface area (Å²) in [6, 6.07) is 5.80. The molecule has 1 aromatic carbocycles. The van der Waals surface area contributed by atoms with E-state index in [0.29, 0.717) is 11.5 Å². The highest BCUT2D eigenvalue weighted by molar-refractivity contribution is 9.10. The third-order valence-corrected chi connectivity index (χ3v) is 4.36. The van der Waals surface area contributed by atoms with Gasteiger partial charge in [0, 0.05) is 41.3 Å². The lowest BCUT2D eigenvalue weighted by Gasteiger charge is -2.22. The lowest BCUT2D eigenvalue weighted by atomic mass is 10.0. The number of hydrogen-bond acceptors (Lipinski definition) is 2. The minimum Gasteiger partial charge on any atom is -0.478 e. The van der Waals surface area contributed by atoms with Gasteiger partial charge in [-0.1, -0.05) is 15.9 Å². The third-order valence-electron chi connectivity index (χ3n) is 3.87. The van der Waals surface area contributed by atoms with Gasteiger partial charge in [0.05, 0.1) is 5.56 Å². The molecule has 0 bridgehead atoms. The van der Waals surface area contributed by atoms with Crippen LogP contribution in [0.4, 0.5) is 0 Å². The number of carboxylic acid groups (broad SMARTS) is 1. The SMILES string of the molecule is O=C(O)c1cn(CC2CCOCC2)c2ccc(Br)cc12. The van der Waals surface area contributed by atoms with E-state index in [1.54, 1.807) is 6.20 Å². The van der Waals surface area contributed by atoms with Crippen LogP contribution in [0.1, 0.15) is 23.2 Å². The van der Waals surface area contributed by atoms with Crippen LogP contribution in [0.3, 0.4) is 0 Å². The van der Waals surface area contributed by atoms with E-state index in [0.717, 1.165) is 48.0 Å². The van der Waals surface area contributed by atoms with Gasteiger partial charge in [-0.25, -0.2) is 4.79 Å². The second-order valence-corrected chi connectivity index (χ2v) is 6.13. The molecule has 1 aromatic heterocycles. The van der Waals surface area contributed by atoms with Crippen LogP contribution in [0.5, 0.6) is 0 Å². The Labute approximate surface area is 125 Å². The Kier molecular flexibility index (Phi) is 3.81. The van der Waals surface area contributed by atoms with Crippen LogP contribution >= 0.6 is 15.9 Å². The Balaban J connectivity index is 1.99. The van der Waals surface area contributed by atoms with E-state index in [9.17, 15) is 9.90 Å². The Morgan fingerprint density at radius 1 is 1.40 bits per heavy atom. The summed E-state index contributed by atoms with van der Waals surface area (Å²) in [5, 5.41) is 10.1. The van der Waals surface area contributed by atoms with Crippen LogP contribution in [0.2, 0.25) is 0 Å². The molecule has 3 rings (SSSR count). The quantitative estimate of drug-likeness (QED) is 0.932. The molecule has 0 amide bonds. The minimum atomic E-state index is -0.876. The van der Waals surface area contributed by atoms with Crippen LogP contribution in [0.25, 0.3) is 10.9 Å². The van der Waals surface area contributed by atoms with Crippen LogP contribution in [0, 0.1) is 5.92 Å². The highest BCUT2D eigenvalue weighted by Gasteiger charge is 2.19. The molecule has 20 heavy (non-hydrogen) atoms. The third kappa shape index (κ3) is 2.60. The van der Waals surface area contributed by atoms with Crippen molar-refractivity contribution in [3.8, 4) is 0 Å². The molecule has 106 valence electrons. The van der Waals surface area contributed by atoms with Crippen molar-refractivity contribution in [2.24, 2.45) is 5.92 Å². The number of benzene rings is 1. The van der Waals surface area contributed by atoms with Gasteiger partial charge in [0.15, 0.2) is 0 Å². The molecule has 1 aliphatic rings. The molecule has 1 fully saturated rings. The zero-order chi connectivity index (χ0) is 14.1. The number of fused-ring (bicyclic) bond motifs is 1. The van der Waals surface area contributed by atoms with Crippen molar-refractivity contribution in [2.75, 3.05) is 13.2 Å². The number of nitrogens with zero attached hydrogens (tertiary/aromatic N) is 1. The lowest BCUT2D eigenvalue weighted by molar-refractivity contribution is 0.0614. The molecule has 4 nitrogen and oxygen atoms in total. The molecule has 1 N–H and O–H groups in total. The number of aromatic nitrogens is 1. The van der Waals surface area contributed by atoms with Crippen molar-refractivity contribution in [1.82, 2.24) is 4.57 Å². The van der Waals surface area contributed by atoms with E-state index in [2.05, 4.69) is 20.5 Å². The Morgan fingerprint density at radius 3 is 2.85 bits per heavy atom. The monoisotopic (exact) mass is 337 g/mol. The van der Waals surface area contributed by atoms with Crippen molar-refractivity contribution in [1.29, 1.82) is 0 Å². The number of ether oxygens (including phenoxy) is 1. The number of aromatic carboxylic acids is 1. The summed E-state index contributed by atoms with van der Waals surface area (Å²) in [5.74, 6) is -0.316. The van der Waals surface area contributed by atoms with Gasteiger partial charge in [-0.3, -0.25) is 0 Å². The maximum atomic E-state index is 11.4. The van der Waals surface area contributed by atoms with Gasteiger partial charge in [-0.05, 0) is 37.0 Å². The van der Waals surface area contributed by atoms with E-state index < -0.39 is 5.97 Å². The zero-order valence-corrected chi connectivity index (χ0v) is 12.6. The number of hydrogen-bond donors (Lipinski definition) is 1. The second kappa shape index (κ2) is 5.58. The number of rotatable bonds is 3. The number of halogens is 1. The lowest BCUT2D eigenvalue weighted by Crippen LogP contribution is -2.20. The topological polar surface area (TPSA) is 51.5 Å². The molecule has 1 saturated heterocycles. The fraction of sp³-hybridized carbons (Fsp3) is 0.400. The molecular weight excluding hydrogens is 322 g/mol. The standard InChI is InChI=1S/C15H16BrNO3/c16-11-1-2-14-12(7-11)13(15(18)19)9-17(14)8-10-3-5-20-6-4-10/h1-2,7,9-10H,3-6,8H2,(H,18,19). The number of carbonyl (C=O) groups is 1. The minimum absolute atomic E-state index is 0.369. The van der Waals surface area contributed by atoms with Gasteiger partial charge < -0.3 is 14.4 Å². The van der Waals surface area contributed by atoms with Gasteiger partial charge in [0.25, 0.3) is 0 Å². The van der Waals surface area contributed by atoms with Gasteiger partial charge in [-0.15, -0.1) is 0 Å². The largest absolute Gasteiger partial charge is 0.478 e. The van der Waals surface area contributed by atoms with E-state index in [1.807, 2.05) is 18.2 Å². The fourth-order valence-electron chi connectivity index (χ4n) is 2.80. The molecule has 0 saturated carbocycles. The Morgan fingerprint density at radius 2 is 2.15 bits per heavy atom. The molecule has 2 aromatic rings. The first-order valence-corrected chi connectivity index (χ1v) is 7.54. The Bertz CT molecular complexity index is 644. The first-order valence-electron chi connectivity index (χ1n) is 6.74. The van der Waals surface area contributed by atoms with Crippen LogP contribution in [-0.2, 0) is 11.3 Å². The predicted octanol–water partition coefficient (Wildman–Crippen LogP) is 3.53. The molecule has 2 heterocycles. The van der Waals surface area contributed by atoms with Crippen molar-refractivity contribution in [3.05, 3.63) is 34.4 Å². The van der Waals surface area contributed by atoms with Gasteiger partial charge in [0.2, 0.25) is 0 Å². The van der Waals surface area contributed by atoms with Crippen LogP contribution in [0.15, 0.2) is 28.9 Å². The summed E-state index contributed by atoms with van der Waals surface area (Å²) < 4.78 is 8.34. The zero-order valence-electron chi connectivity index (χ0n) is 11.0. The van der Waals surface area contributed by atoms with Crippen molar-refractivity contribution < 1.29 is 14.6 Å². The van der Waals surface area contributed by atoms with Crippen molar-refractivity contribution in [2.45, 2.75) is 19.4 Å². The molecule has 0 radical (unpaired) electrons. The van der Waals surface area contributed by atoms with Crippen LogP contribution < -0.4 is 0 Å². The maximum Gasteiger partial charge on any atom is 0.337 e. The Hall–Kier alpha value is -1.33. The molecule has 1 aliphatic heterocycles. The molecular formula is C15H16BrNO3. The summed E-state index contributed by atoms with van der Waals surface area (Å²) in [5.41, 5.74) is 1.35. The van der Waals surface area contributed by atoms with E-state index in [1.165, 1.54) is 0 Å². The highest BCUT2D eigenvalue weighted by Crippen LogP contribution is 2.27. The molecule has 0 unspecified atom stereocenters. The van der Waals surface area contributed by atoms with E-state index >= 15 is 0 Å². The van der Waals surface area contributed by atoms with Crippen molar-refractivity contribution in [3.63, 3.8) is 0 Å². The second-order valence-electron chi connectivity index (χ2n) is 5.22. The summed E-state index contributed by atoms with van der Waals surface area (Å²) in [4.78, 5) is 11.4. The van der Waals surface area contributed by atoms with Gasteiger partial charge in [-0.2, -0.15) is 0 Å². The molecule has 0 atom stereocenters. The fourth-order valence-corrected chi connectivity index (χ4v) is 3.16. The summed E-state index contributed by atoms with van der Waals surface area (Å²) in [7, 11) is 0. The highest BCUT2D eigenvalue weighted by atomic mass is 79.9. The molecule has 5 heteroatoms. The first kappa shape index (κ1) is 13.6. The summed E-state index contributed by atoms with van der Waals surface area (Å²) in [6.07, 6.45) is 3.84. The normalized spacial score (nSPS) is 16.6. The van der Waals surface area contributed by atoms with E-state index in [-0.39, 0.29) is 0 Å². The first-order chi connectivity index (χ1) is 9.65.